The third-order valence-corrected chi connectivity index (χ3v) is 2.08. The lowest BCUT2D eigenvalue weighted by molar-refractivity contribution is 0.369. The van der Waals surface area contributed by atoms with Crippen molar-refractivity contribution in [3.63, 3.8) is 0 Å². The fraction of sp³-hybridized carbons (Fsp3) is 0.455. The van der Waals surface area contributed by atoms with Crippen LogP contribution in [0, 0.1) is 11.6 Å². The maximum absolute atomic E-state index is 13.1. The third-order valence-electron chi connectivity index (χ3n) is 2.08. The summed E-state index contributed by atoms with van der Waals surface area (Å²) in [5.74, 6) is -1.84. The topological polar surface area (TPSA) is 9.23 Å². The Hall–Kier alpha value is -1.12. The molecule has 0 amide bonds. The highest BCUT2D eigenvalue weighted by atomic mass is 19.2. The van der Waals surface area contributed by atoms with Gasteiger partial charge in [0.1, 0.15) is 0 Å². The molecule has 0 heterocycles. The van der Waals surface area contributed by atoms with Crippen molar-refractivity contribution < 1.29 is 13.5 Å². The van der Waals surface area contributed by atoms with Crippen LogP contribution in [-0.4, -0.2) is 7.11 Å². The summed E-state index contributed by atoms with van der Waals surface area (Å²) in [6.07, 6.45) is 0. The SMILES string of the molecule is COc1cc(C(C)(C)C)cc(F)c1F. The van der Waals surface area contributed by atoms with Gasteiger partial charge < -0.3 is 4.74 Å². The minimum Gasteiger partial charge on any atom is -0.494 e. The Labute approximate surface area is 82.7 Å². The number of hydrogen-bond acceptors (Lipinski definition) is 1. The van der Waals surface area contributed by atoms with Gasteiger partial charge in [0.25, 0.3) is 0 Å². The van der Waals surface area contributed by atoms with E-state index in [0.29, 0.717) is 5.56 Å². The van der Waals surface area contributed by atoms with Crippen LogP contribution < -0.4 is 4.74 Å². The minimum absolute atomic E-state index is 0.0464. The second-order valence-corrected chi connectivity index (χ2v) is 4.22. The van der Waals surface area contributed by atoms with Crippen LogP contribution in [0.1, 0.15) is 26.3 Å². The molecule has 0 spiro atoms. The average Bonchev–Trinajstić information content (AvgIpc) is 2.07. The molecule has 0 aliphatic rings. The molecule has 0 bridgehead atoms. The summed E-state index contributed by atoms with van der Waals surface area (Å²) in [5.41, 5.74) is 0.496. The van der Waals surface area contributed by atoms with Gasteiger partial charge in [-0.1, -0.05) is 20.8 Å². The highest BCUT2D eigenvalue weighted by molar-refractivity contribution is 5.34. The van der Waals surface area contributed by atoms with Crippen LogP contribution in [0.3, 0.4) is 0 Å². The Morgan fingerprint density at radius 3 is 2.14 bits per heavy atom. The molecule has 78 valence electrons. The van der Waals surface area contributed by atoms with Gasteiger partial charge in [0, 0.05) is 0 Å². The van der Waals surface area contributed by atoms with Gasteiger partial charge in [0.15, 0.2) is 11.6 Å². The maximum atomic E-state index is 13.1. The summed E-state index contributed by atoms with van der Waals surface area (Å²) in [5, 5.41) is 0. The standard InChI is InChI=1S/C11H14F2O/c1-11(2,3)7-5-8(12)10(13)9(6-7)14-4/h5-6H,1-4H3. The van der Waals surface area contributed by atoms with E-state index in [1.54, 1.807) is 0 Å². The van der Waals surface area contributed by atoms with Crippen molar-refractivity contribution in [2.75, 3.05) is 7.11 Å². The first kappa shape index (κ1) is 11.0. The lowest BCUT2D eigenvalue weighted by atomic mass is 9.87. The lowest BCUT2D eigenvalue weighted by Crippen LogP contribution is -2.12. The summed E-state index contributed by atoms with van der Waals surface area (Å²) in [6.45, 7) is 5.79. The molecule has 0 aliphatic heterocycles. The molecule has 0 N–H and O–H groups in total. The Bertz CT molecular complexity index is 340. The van der Waals surface area contributed by atoms with Crippen LogP contribution in [0.5, 0.6) is 5.75 Å². The largest absolute Gasteiger partial charge is 0.494 e. The smallest absolute Gasteiger partial charge is 0.200 e. The van der Waals surface area contributed by atoms with Crippen molar-refractivity contribution in [3.05, 3.63) is 29.3 Å². The molecule has 1 rings (SSSR count). The molecule has 0 saturated carbocycles. The van der Waals surface area contributed by atoms with Crippen LogP contribution in [0.2, 0.25) is 0 Å². The zero-order chi connectivity index (χ0) is 10.9. The van der Waals surface area contributed by atoms with Gasteiger partial charge in [-0.05, 0) is 23.1 Å². The van der Waals surface area contributed by atoms with Crippen molar-refractivity contribution in [2.45, 2.75) is 26.2 Å². The van der Waals surface area contributed by atoms with E-state index in [0.717, 1.165) is 0 Å². The zero-order valence-electron chi connectivity index (χ0n) is 8.82. The van der Waals surface area contributed by atoms with Crippen molar-refractivity contribution in [1.82, 2.24) is 0 Å². The van der Waals surface area contributed by atoms with Gasteiger partial charge in [-0.25, -0.2) is 4.39 Å². The normalized spacial score (nSPS) is 11.6. The second kappa shape index (κ2) is 3.56. The number of methoxy groups -OCH3 is 1. The van der Waals surface area contributed by atoms with Crippen LogP contribution >= 0.6 is 0 Å². The predicted molar refractivity (Wildman–Crippen MR) is 51.6 cm³/mol. The van der Waals surface area contributed by atoms with Crippen LogP contribution in [0.25, 0.3) is 0 Å². The zero-order valence-corrected chi connectivity index (χ0v) is 8.82. The summed E-state index contributed by atoms with van der Waals surface area (Å²) < 4.78 is 30.9. The van der Waals surface area contributed by atoms with Crippen molar-refractivity contribution in [1.29, 1.82) is 0 Å². The number of hydrogen-bond donors (Lipinski definition) is 0. The number of benzene rings is 1. The van der Waals surface area contributed by atoms with E-state index in [1.807, 2.05) is 20.8 Å². The summed E-state index contributed by atoms with van der Waals surface area (Å²) in [6, 6.07) is 2.73. The molecule has 0 saturated heterocycles. The molecule has 0 radical (unpaired) electrons. The van der Waals surface area contributed by atoms with E-state index in [1.165, 1.54) is 19.2 Å². The molecule has 1 aromatic carbocycles. The Kier molecular flexibility index (Phi) is 2.79. The molecule has 3 heteroatoms. The monoisotopic (exact) mass is 200 g/mol. The highest BCUT2D eigenvalue weighted by Gasteiger charge is 2.19. The minimum atomic E-state index is -0.930. The molecule has 1 nitrogen and oxygen atoms in total. The van der Waals surface area contributed by atoms with E-state index >= 15 is 0 Å². The first-order valence-corrected chi connectivity index (χ1v) is 4.40. The lowest BCUT2D eigenvalue weighted by Gasteiger charge is -2.20. The molecular weight excluding hydrogens is 186 g/mol. The van der Waals surface area contributed by atoms with E-state index < -0.39 is 11.6 Å². The highest BCUT2D eigenvalue weighted by Crippen LogP contribution is 2.29. The summed E-state index contributed by atoms with van der Waals surface area (Å²) in [7, 11) is 1.32. The first-order chi connectivity index (χ1) is 6.36. The van der Waals surface area contributed by atoms with Crippen LogP contribution in [0.4, 0.5) is 8.78 Å². The van der Waals surface area contributed by atoms with Gasteiger partial charge in [-0.15, -0.1) is 0 Å². The molecule has 0 aromatic heterocycles. The van der Waals surface area contributed by atoms with E-state index in [2.05, 4.69) is 0 Å². The Balaban J connectivity index is 3.30. The van der Waals surface area contributed by atoms with Gasteiger partial charge in [-0.2, -0.15) is 4.39 Å². The maximum Gasteiger partial charge on any atom is 0.200 e. The van der Waals surface area contributed by atoms with Crippen LogP contribution in [0.15, 0.2) is 12.1 Å². The van der Waals surface area contributed by atoms with Gasteiger partial charge >= 0.3 is 0 Å². The molecule has 1 aromatic rings. The van der Waals surface area contributed by atoms with Gasteiger partial charge in [-0.3, -0.25) is 0 Å². The molecule has 0 atom stereocenters. The van der Waals surface area contributed by atoms with Crippen LogP contribution in [-0.2, 0) is 5.41 Å². The van der Waals surface area contributed by atoms with E-state index in [9.17, 15) is 8.78 Å². The third kappa shape index (κ3) is 2.03. The molecule has 0 fully saturated rings. The molecule has 0 aliphatic carbocycles. The summed E-state index contributed by atoms with van der Waals surface area (Å²) in [4.78, 5) is 0. The Morgan fingerprint density at radius 1 is 1.14 bits per heavy atom. The molecule has 14 heavy (non-hydrogen) atoms. The average molecular weight is 200 g/mol. The quantitative estimate of drug-likeness (QED) is 0.676. The van der Waals surface area contributed by atoms with Crippen molar-refractivity contribution >= 4 is 0 Å². The van der Waals surface area contributed by atoms with Gasteiger partial charge in [0.2, 0.25) is 5.82 Å². The Morgan fingerprint density at radius 2 is 1.71 bits per heavy atom. The van der Waals surface area contributed by atoms with Gasteiger partial charge in [0.05, 0.1) is 7.11 Å². The fourth-order valence-corrected chi connectivity index (χ4v) is 1.15. The predicted octanol–water partition coefficient (Wildman–Crippen LogP) is 3.27. The van der Waals surface area contributed by atoms with Crippen molar-refractivity contribution in [2.24, 2.45) is 0 Å². The first-order valence-electron chi connectivity index (χ1n) is 4.40. The number of halogens is 2. The molecular formula is C11H14F2O. The van der Waals surface area contributed by atoms with E-state index in [4.69, 9.17) is 4.74 Å². The number of rotatable bonds is 1. The second-order valence-electron chi connectivity index (χ2n) is 4.22. The summed E-state index contributed by atoms with van der Waals surface area (Å²) >= 11 is 0. The van der Waals surface area contributed by atoms with Crippen molar-refractivity contribution in [3.8, 4) is 5.75 Å². The fourth-order valence-electron chi connectivity index (χ4n) is 1.15. The molecule has 0 unspecified atom stereocenters. The van der Waals surface area contributed by atoms with E-state index in [-0.39, 0.29) is 11.2 Å². The number of ether oxygens (including phenoxy) is 1.